The second-order valence-corrected chi connectivity index (χ2v) is 4.04. The highest BCUT2D eigenvalue weighted by Crippen LogP contribution is 2.36. The molecule has 0 bridgehead atoms. The van der Waals surface area contributed by atoms with E-state index in [0.717, 1.165) is 23.2 Å². The van der Waals surface area contributed by atoms with Gasteiger partial charge in [-0.25, -0.2) is 0 Å². The number of benzene rings is 1. The monoisotopic (exact) mass is 277 g/mol. The number of amides is 1. The van der Waals surface area contributed by atoms with Crippen LogP contribution in [0.25, 0.3) is 0 Å². The number of hydrazone groups is 1. The Morgan fingerprint density at radius 3 is 2.56 bits per heavy atom. The Morgan fingerprint density at radius 2 is 2.06 bits per heavy atom. The van der Waals surface area contributed by atoms with Crippen molar-refractivity contribution >= 4 is 29.0 Å². The van der Waals surface area contributed by atoms with Gasteiger partial charge in [0.2, 0.25) is 0 Å². The number of halogens is 4. The highest BCUT2D eigenvalue weighted by atomic mass is 35.5. The molecule has 0 atom stereocenters. The van der Waals surface area contributed by atoms with Crippen LogP contribution in [0.15, 0.2) is 23.3 Å². The third-order valence-corrected chi connectivity index (χ3v) is 2.62. The summed E-state index contributed by atoms with van der Waals surface area (Å²) in [5.74, 6) is -0.484. The normalized spacial score (nSPS) is 16.1. The molecule has 0 aromatic heterocycles. The predicted molar refractivity (Wildman–Crippen MR) is 60.2 cm³/mol. The summed E-state index contributed by atoms with van der Waals surface area (Å²) in [6.07, 6.45) is -4.65. The van der Waals surface area contributed by atoms with Gasteiger partial charge in [0.1, 0.15) is 5.84 Å². The van der Waals surface area contributed by atoms with Gasteiger partial charge in [-0.1, -0.05) is 11.6 Å². The number of amidine groups is 1. The summed E-state index contributed by atoms with van der Waals surface area (Å²) in [6.45, 7) is 0. The molecular weight excluding hydrogens is 271 g/mol. The van der Waals surface area contributed by atoms with Gasteiger partial charge < -0.3 is 5.73 Å². The Labute approximate surface area is 105 Å². The first-order chi connectivity index (χ1) is 8.29. The van der Waals surface area contributed by atoms with Gasteiger partial charge in [-0.05, 0) is 18.2 Å². The van der Waals surface area contributed by atoms with Gasteiger partial charge in [0.15, 0.2) is 0 Å². The first-order valence-electron chi connectivity index (χ1n) is 4.81. The highest BCUT2D eigenvalue weighted by molar-refractivity contribution is 6.34. The Morgan fingerprint density at radius 1 is 1.39 bits per heavy atom. The van der Waals surface area contributed by atoms with Crippen molar-refractivity contribution in [1.29, 1.82) is 0 Å². The SMILES string of the molecule is NC1=NN(c2cc(C(F)(F)F)ccc2Cl)C(=O)C1. The van der Waals surface area contributed by atoms with Crippen LogP contribution in [0.3, 0.4) is 0 Å². The molecule has 0 fully saturated rings. The molecule has 8 heteroatoms. The molecule has 1 amide bonds. The molecule has 0 radical (unpaired) electrons. The lowest BCUT2D eigenvalue weighted by Gasteiger charge is -2.15. The molecule has 0 saturated heterocycles. The van der Waals surface area contributed by atoms with Crippen LogP contribution < -0.4 is 10.7 Å². The van der Waals surface area contributed by atoms with E-state index < -0.39 is 17.6 Å². The lowest BCUT2D eigenvalue weighted by molar-refractivity contribution is -0.137. The number of hydrogen-bond donors (Lipinski definition) is 1. The minimum absolute atomic E-state index is 0.00481. The molecule has 1 aliphatic heterocycles. The lowest BCUT2D eigenvalue weighted by atomic mass is 10.2. The predicted octanol–water partition coefficient (Wildman–Crippen LogP) is 2.37. The second-order valence-electron chi connectivity index (χ2n) is 3.64. The Bertz CT molecular complexity index is 542. The van der Waals surface area contributed by atoms with Gasteiger partial charge in [0.25, 0.3) is 5.91 Å². The van der Waals surface area contributed by atoms with E-state index in [4.69, 9.17) is 17.3 Å². The first-order valence-corrected chi connectivity index (χ1v) is 5.19. The maximum Gasteiger partial charge on any atom is 0.416 e. The molecule has 18 heavy (non-hydrogen) atoms. The summed E-state index contributed by atoms with van der Waals surface area (Å²) in [5.41, 5.74) is 4.31. The van der Waals surface area contributed by atoms with Crippen LogP contribution in [-0.4, -0.2) is 11.7 Å². The van der Waals surface area contributed by atoms with Crippen molar-refractivity contribution in [1.82, 2.24) is 0 Å². The largest absolute Gasteiger partial charge is 0.416 e. The Balaban J connectivity index is 2.48. The maximum absolute atomic E-state index is 12.6. The van der Waals surface area contributed by atoms with Crippen molar-refractivity contribution in [2.75, 3.05) is 5.01 Å². The van der Waals surface area contributed by atoms with E-state index in [1.807, 2.05) is 0 Å². The van der Waals surface area contributed by atoms with Crippen molar-refractivity contribution in [3.63, 3.8) is 0 Å². The molecule has 2 rings (SSSR count). The van der Waals surface area contributed by atoms with Gasteiger partial charge in [-0.3, -0.25) is 4.79 Å². The van der Waals surface area contributed by atoms with E-state index in [0.29, 0.717) is 0 Å². The van der Waals surface area contributed by atoms with Crippen molar-refractivity contribution in [3.8, 4) is 0 Å². The summed E-state index contributed by atoms with van der Waals surface area (Å²) in [5, 5.41) is 4.43. The zero-order valence-corrected chi connectivity index (χ0v) is 9.59. The molecule has 1 aromatic rings. The summed E-state index contributed by atoms with van der Waals surface area (Å²) in [4.78, 5) is 11.5. The molecule has 0 spiro atoms. The molecule has 0 unspecified atom stereocenters. The highest BCUT2D eigenvalue weighted by Gasteiger charge is 2.33. The number of nitrogens with zero attached hydrogens (tertiary/aromatic N) is 2. The van der Waals surface area contributed by atoms with E-state index in [-0.39, 0.29) is 23.0 Å². The number of alkyl halides is 3. The second kappa shape index (κ2) is 4.16. The number of carbonyl (C=O) groups excluding carboxylic acids is 1. The fraction of sp³-hybridized carbons (Fsp3) is 0.200. The van der Waals surface area contributed by atoms with Gasteiger partial charge in [0.05, 0.1) is 22.7 Å². The van der Waals surface area contributed by atoms with Crippen LogP contribution in [0.4, 0.5) is 18.9 Å². The number of carbonyl (C=O) groups is 1. The average Bonchev–Trinajstić information content (AvgIpc) is 2.56. The zero-order chi connectivity index (χ0) is 13.5. The summed E-state index contributed by atoms with van der Waals surface area (Å²) >= 11 is 5.77. The average molecular weight is 278 g/mol. The molecular formula is C10H7ClF3N3O. The quantitative estimate of drug-likeness (QED) is 0.857. The fourth-order valence-corrected chi connectivity index (χ4v) is 1.69. The minimum atomic E-state index is -4.52. The van der Waals surface area contributed by atoms with Crippen LogP contribution in [0.1, 0.15) is 12.0 Å². The molecule has 1 aliphatic rings. The summed E-state index contributed by atoms with van der Waals surface area (Å²) in [6, 6.07) is 2.67. The molecule has 1 aromatic carbocycles. The van der Waals surface area contributed by atoms with Crippen LogP contribution in [0, 0.1) is 0 Å². The Hall–Kier alpha value is -1.76. The topological polar surface area (TPSA) is 58.7 Å². The number of hydrogen-bond acceptors (Lipinski definition) is 3. The van der Waals surface area contributed by atoms with E-state index in [1.54, 1.807) is 0 Å². The number of nitrogens with two attached hydrogens (primary N) is 1. The van der Waals surface area contributed by atoms with Crippen molar-refractivity contribution in [2.24, 2.45) is 10.8 Å². The van der Waals surface area contributed by atoms with Crippen LogP contribution in [-0.2, 0) is 11.0 Å². The van der Waals surface area contributed by atoms with Gasteiger partial charge in [-0.2, -0.15) is 23.3 Å². The van der Waals surface area contributed by atoms with Gasteiger partial charge in [0, 0.05) is 0 Å². The van der Waals surface area contributed by atoms with Crippen LogP contribution in [0.2, 0.25) is 5.02 Å². The smallest absolute Gasteiger partial charge is 0.385 e. The standard InChI is InChI=1S/C10H7ClF3N3O/c11-6-2-1-5(10(12,13)14)3-7(6)17-9(18)4-8(15)16-17/h1-3H,4H2,(H2,15,16). The van der Waals surface area contributed by atoms with E-state index >= 15 is 0 Å². The van der Waals surface area contributed by atoms with Crippen LogP contribution >= 0.6 is 11.6 Å². The van der Waals surface area contributed by atoms with Gasteiger partial charge >= 0.3 is 6.18 Å². The third kappa shape index (κ3) is 2.26. The minimum Gasteiger partial charge on any atom is -0.385 e. The van der Waals surface area contributed by atoms with Crippen molar-refractivity contribution in [3.05, 3.63) is 28.8 Å². The van der Waals surface area contributed by atoms with Crippen molar-refractivity contribution in [2.45, 2.75) is 12.6 Å². The van der Waals surface area contributed by atoms with E-state index in [9.17, 15) is 18.0 Å². The number of anilines is 1. The van der Waals surface area contributed by atoms with E-state index in [1.165, 1.54) is 0 Å². The van der Waals surface area contributed by atoms with Crippen LogP contribution in [0.5, 0.6) is 0 Å². The summed E-state index contributed by atoms with van der Waals surface area (Å²) < 4.78 is 37.7. The molecule has 96 valence electrons. The van der Waals surface area contributed by atoms with E-state index in [2.05, 4.69) is 5.10 Å². The molecule has 0 saturated carbocycles. The third-order valence-electron chi connectivity index (χ3n) is 2.30. The first kappa shape index (κ1) is 12.7. The summed E-state index contributed by atoms with van der Waals surface area (Å²) in [7, 11) is 0. The molecule has 2 N–H and O–H groups in total. The zero-order valence-electron chi connectivity index (χ0n) is 8.83. The maximum atomic E-state index is 12.6. The number of rotatable bonds is 1. The van der Waals surface area contributed by atoms with Gasteiger partial charge in [-0.15, -0.1) is 0 Å². The fourth-order valence-electron chi connectivity index (χ4n) is 1.49. The molecule has 0 aliphatic carbocycles. The van der Waals surface area contributed by atoms with Crippen molar-refractivity contribution < 1.29 is 18.0 Å². The molecule has 1 heterocycles. The Kier molecular flexibility index (Phi) is 2.94. The molecule has 4 nitrogen and oxygen atoms in total. The lowest BCUT2D eigenvalue weighted by Crippen LogP contribution is -2.20.